The Hall–Kier alpha value is -2.37. The van der Waals surface area contributed by atoms with E-state index in [2.05, 4.69) is 51.7 Å². The molecule has 23 heavy (non-hydrogen) atoms. The molecule has 0 radical (unpaired) electrons. The minimum Gasteiger partial charge on any atom is -0.357 e. The van der Waals surface area contributed by atoms with Gasteiger partial charge < -0.3 is 15.2 Å². The Kier molecular flexibility index (Phi) is 6.59. The predicted molar refractivity (Wildman–Crippen MR) is 91.3 cm³/mol. The molecule has 1 unspecified atom stereocenters. The first-order chi connectivity index (χ1) is 11.2. The Labute approximate surface area is 137 Å². The van der Waals surface area contributed by atoms with Crippen LogP contribution in [0.25, 0.3) is 0 Å². The highest BCUT2D eigenvalue weighted by molar-refractivity contribution is 5.80. The third-order valence-corrected chi connectivity index (χ3v) is 3.39. The lowest BCUT2D eigenvalue weighted by molar-refractivity contribution is 0.372. The average Bonchev–Trinajstić information content (AvgIpc) is 2.98. The van der Waals surface area contributed by atoms with E-state index in [9.17, 15) is 0 Å². The Balaban J connectivity index is 1.84. The molecule has 0 saturated carbocycles. The minimum atomic E-state index is 0.201. The van der Waals surface area contributed by atoms with Crippen LogP contribution in [0.4, 0.5) is 0 Å². The fourth-order valence-electron chi connectivity index (χ4n) is 2.21. The molecule has 0 aliphatic rings. The van der Waals surface area contributed by atoms with Gasteiger partial charge in [0.05, 0.1) is 6.04 Å². The van der Waals surface area contributed by atoms with Gasteiger partial charge in [0, 0.05) is 19.5 Å². The minimum absolute atomic E-state index is 0.201. The molecule has 0 amide bonds. The van der Waals surface area contributed by atoms with Crippen molar-refractivity contribution in [3.8, 4) is 0 Å². The second-order valence-electron chi connectivity index (χ2n) is 5.38. The molecule has 0 spiro atoms. The number of nitrogens with one attached hydrogen (secondary N) is 2. The van der Waals surface area contributed by atoms with Crippen LogP contribution in [0.2, 0.25) is 0 Å². The number of aromatic nitrogens is 2. The molecule has 1 atom stereocenters. The van der Waals surface area contributed by atoms with Crippen LogP contribution in [0.3, 0.4) is 0 Å². The van der Waals surface area contributed by atoms with Crippen LogP contribution in [0.1, 0.15) is 43.6 Å². The van der Waals surface area contributed by atoms with Gasteiger partial charge in [-0.1, -0.05) is 35.5 Å². The molecule has 1 aromatic heterocycles. The van der Waals surface area contributed by atoms with Gasteiger partial charge in [-0.25, -0.2) is 0 Å². The maximum absolute atomic E-state index is 5.10. The summed E-state index contributed by atoms with van der Waals surface area (Å²) in [4.78, 5) is 8.80. The summed E-state index contributed by atoms with van der Waals surface area (Å²) in [6.07, 6.45) is 1.62. The average molecular weight is 315 g/mol. The number of aryl methyl sites for hydroxylation is 2. The van der Waals surface area contributed by atoms with Gasteiger partial charge in [0.2, 0.25) is 5.89 Å². The SMILES string of the molecule is CCNC(=NCCCc1nc(C)no1)NC(C)c1ccccc1. The van der Waals surface area contributed by atoms with Crippen LogP contribution in [0, 0.1) is 6.92 Å². The fraction of sp³-hybridized carbons (Fsp3) is 0.471. The van der Waals surface area contributed by atoms with Gasteiger partial charge >= 0.3 is 0 Å². The summed E-state index contributed by atoms with van der Waals surface area (Å²) in [7, 11) is 0. The molecule has 2 aromatic rings. The Morgan fingerprint density at radius 1 is 1.30 bits per heavy atom. The molecule has 1 heterocycles. The third-order valence-electron chi connectivity index (χ3n) is 3.39. The van der Waals surface area contributed by atoms with Crippen molar-refractivity contribution >= 4 is 5.96 Å². The lowest BCUT2D eigenvalue weighted by Crippen LogP contribution is -2.38. The molecule has 2 rings (SSSR count). The van der Waals surface area contributed by atoms with E-state index in [1.54, 1.807) is 0 Å². The van der Waals surface area contributed by atoms with E-state index < -0.39 is 0 Å². The predicted octanol–water partition coefficient (Wildman–Crippen LogP) is 2.63. The van der Waals surface area contributed by atoms with Crippen molar-refractivity contribution in [3.05, 3.63) is 47.6 Å². The first-order valence-electron chi connectivity index (χ1n) is 8.08. The van der Waals surface area contributed by atoms with E-state index in [4.69, 9.17) is 4.52 Å². The highest BCUT2D eigenvalue weighted by atomic mass is 16.5. The zero-order chi connectivity index (χ0) is 16.5. The largest absolute Gasteiger partial charge is 0.357 e. The fourth-order valence-corrected chi connectivity index (χ4v) is 2.21. The standard InChI is InChI=1S/C17H25N5O/c1-4-18-17(20-13(2)15-9-6-5-7-10-15)19-12-8-11-16-21-14(3)22-23-16/h5-7,9-10,13H,4,8,11-12H2,1-3H3,(H2,18,19,20). The monoisotopic (exact) mass is 315 g/mol. The van der Waals surface area contributed by atoms with Crippen molar-refractivity contribution in [2.45, 2.75) is 39.7 Å². The molecular formula is C17H25N5O. The molecule has 124 valence electrons. The summed E-state index contributed by atoms with van der Waals surface area (Å²) >= 11 is 0. The maximum atomic E-state index is 5.10. The van der Waals surface area contributed by atoms with Crippen molar-refractivity contribution in [3.63, 3.8) is 0 Å². The second-order valence-corrected chi connectivity index (χ2v) is 5.38. The van der Waals surface area contributed by atoms with Gasteiger partial charge in [0.25, 0.3) is 0 Å². The number of nitrogens with zero attached hydrogens (tertiary/aromatic N) is 3. The van der Waals surface area contributed by atoms with E-state index in [0.717, 1.165) is 25.3 Å². The van der Waals surface area contributed by atoms with Gasteiger partial charge in [0.15, 0.2) is 11.8 Å². The van der Waals surface area contributed by atoms with Gasteiger partial charge in [0.1, 0.15) is 0 Å². The highest BCUT2D eigenvalue weighted by Gasteiger charge is 2.07. The first kappa shape index (κ1) is 17.0. The molecule has 0 fully saturated rings. The molecule has 0 aliphatic carbocycles. The summed E-state index contributed by atoms with van der Waals surface area (Å²) in [6, 6.07) is 10.5. The summed E-state index contributed by atoms with van der Waals surface area (Å²) in [6.45, 7) is 7.55. The zero-order valence-electron chi connectivity index (χ0n) is 14.0. The molecule has 0 bridgehead atoms. The number of hydrogen-bond donors (Lipinski definition) is 2. The van der Waals surface area contributed by atoms with Gasteiger partial charge in [-0.2, -0.15) is 4.98 Å². The topological polar surface area (TPSA) is 75.3 Å². The second kappa shape index (κ2) is 8.92. The van der Waals surface area contributed by atoms with E-state index in [1.807, 2.05) is 25.1 Å². The van der Waals surface area contributed by atoms with E-state index in [0.29, 0.717) is 18.3 Å². The van der Waals surface area contributed by atoms with Crippen LogP contribution in [-0.4, -0.2) is 29.2 Å². The molecule has 1 aromatic carbocycles. The Morgan fingerprint density at radius 2 is 2.09 bits per heavy atom. The van der Waals surface area contributed by atoms with Gasteiger partial charge in [-0.3, -0.25) is 4.99 Å². The number of hydrogen-bond acceptors (Lipinski definition) is 4. The van der Waals surface area contributed by atoms with Crippen molar-refractivity contribution < 1.29 is 4.52 Å². The Morgan fingerprint density at radius 3 is 2.74 bits per heavy atom. The summed E-state index contributed by atoms with van der Waals surface area (Å²) < 4.78 is 5.10. The summed E-state index contributed by atoms with van der Waals surface area (Å²) in [5.41, 5.74) is 1.24. The van der Waals surface area contributed by atoms with Crippen LogP contribution >= 0.6 is 0 Å². The van der Waals surface area contributed by atoms with E-state index in [1.165, 1.54) is 5.56 Å². The van der Waals surface area contributed by atoms with Crippen LogP contribution in [-0.2, 0) is 6.42 Å². The molecule has 6 heteroatoms. The van der Waals surface area contributed by atoms with Crippen LogP contribution in [0.15, 0.2) is 39.8 Å². The van der Waals surface area contributed by atoms with Crippen molar-refractivity contribution in [2.75, 3.05) is 13.1 Å². The van der Waals surface area contributed by atoms with Crippen LogP contribution < -0.4 is 10.6 Å². The van der Waals surface area contributed by atoms with Gasteiger partial charge in [-0.05, 0) is 32.8 Å². The number of benzene rings is 1. The molecule has 6 nitrogen and oxygen atoms in total. The lowest BCUT2D eigenvalue weighted by atomic mass is 10.1. The zero-order valence-corrected chi connectivity index (χ0v) is 14.0. The highest BCUT2D eigenvalue weighted by Crippen LogP contribution is 2.10. The normalized spacial score (nSPS) is 12.9. The molecular weight excluding hydrogens is 290 g/mol. The van der Waals surface area contributed by atoms with Crippen molar-refractivity contribution in [1.82, 2.24) is 20.8 Å². The number of rotatable bonds is 7. The maximum Gasteiger partial charge on any atom is 0.226 e. The Bertz CT molecular complexity index is 608. The first-order valence-corrected chi connectivity index (χ1v) is 8.08. The molecule has 0 saturated heterocycles. The summed E-state index contributed by atoms with van der Waals surface area (Å²) in [5.74, 6) is 2.18. The van der Waals surface area contributed by atoms with Crippen LogP contribution in [0.5, 0.6) is 0 Å². The smallest absolute Gasteiger partial charge is 0.226 e. The van der Waals surface area contributed by atoms with Gasteiger partial charge in [-0.15, -0.1) is 0 Å². The van der Waals surface area contributed by atoms with E-state index in [-0.39, 0.29) is 6.04 Å². The molecule has 2 N–H and O–H groups in total. The van der Waals surface area contributed by atoms with Crippen molar-refractivity contribution in [1.29, 1.82) is 0 Å². The van der Waals surface area contributed by atoms with E-state index >= 15 is 0 Å². The number of guanidine groups is 1. The summed E-state index contributed by atoms with van der Waals surface area (Å²) in [5, 5.41) is 10.5. The number of aliphatic imine (C=N–C) groups is 1. The molecule has 0 aliphatic heterocycles. The van der Waals surface area contributed by atoms with Crippen molar-refractivity contribution in [2.24, 2.45) is 4.99 Å². The third kappa shape index (κ3) is 5.73. The lowest BCUT2D eigenvalue weighted by Gasteiger charge is -2.18. The quantitative estimate of drug-likeness (QED) is 0.467.